The van der Waals surface area contributed by atoms with Crippen LogP contribution in [0.2, 0.25) is 6.32 Å². The number of hydrogen-bond acceptors (Lipinski definition) is 4. The lowest BCUT2D eigenvalue weighted by Gasteiger charge is -2.39. The van der Waals surface area contributed by atoms with Crippen molar-refractivity contribution in [1.29, 1.82) is 0 Å². The van der Waals surface area contributed by atoms with E-state index in [2.05, 4.69) is 6.92 Å². The molecule has 0 aliphatic heterocycles. The minimum Gasteiger partial charge on any atom is -0.427 e. The van der Waals surface area contributed by atoms with Gasteiger partial charge in [-0.1, -0.05) is 42.7 Å². The molecule has 0 bridgehead atoms. The van der Waals surface area contributed by atoms with Crippen LogP contribution in [0.25, 0.3) is 0 Å². The highest BCUT2D eigenvalue weighted by Crippen LogP contribution is 2.37. The molecule has 0 spiro atoms. The van der Waals surface area contributed by atoms with Crippen LogP contribution in [0.1, 0.15) is 67.8 Å². The first-order valence-corrected chi connectivity index (χ1v) is 9.55. The second-order valence-electron chi connectivity index (χ2n) is 8.01. The molecule has 0 saturated heterocycles. The molecule has 1 saturated carbocycles. The Morgan fingerprint density at radius 1 is 1.16 bits per heavy atom. The van der Waals surface area contributed by atoms with Gasteiger partial charge in [0.05, 0.1) is 0 Å². The van der Waals surface area contributed by atoms with Gasteiger partial charge in [-0.2, -0.15) is 0 Å². The van der Waals surface area contributed by atoms with E-state index in [0.717, 1.165) is 50.5 Å². The molecule has 5 heteroatoms. The molecule has 1 fully saturated rings. The Hall–Kier alpha value is -1.17. The molecule has 1 aliphatic carbocycles. The highest BCUT2D eigenvalue weighted by atomic mass is 16.4. The van der Waals surface area contributed by atoms with Crippen LogP contribution in [0, 0.1) is 18.8 Å². The van der Waals surface area contributed by atoms with E-state index in [4.69, 9.17) is 15.8 Å². The van der Waals surface area contributed by atoms with Crippen molar-refractivity contribution in [3.05, 3.63) is 35.4 Å². The number of benzene rings is 1. The van der Waals surface area contributed by atoms with E-state index in [1.807, 2.05) is 31.2 Å². The molecule has 4 nitrogen and oxygen atoms in total. The molecule has 0 amide bonds. The Bertz CT molecular complexity index is 549. The van der Waals surface area contributed by atoms with Gasteiger partial charge in [-0.3, -0.25) is 4.79 Å². The van der Waals surface area contributed by atoms with E-state index < -0.39 is 7.12 Å². The van der Waals surface area contributed by atoms with Crippen LogP contribution in [0.4, 0.5) is 0 Å². The van der Waals surface area contributed by atoms with Gasteiger partial charge in [-0.05, 0) is 58.2 Å². The van der Waals surface area contributed by atoms with Gasteiger partial charge in [0.2, 0.25) is 0 Å². The minimum atomic E-state index is -1.22. The lowest BCUT2D eigenvalue weighted by atomic mass is 9.69. The van der Waals surface area contributed by atoms with Gasteiger partial charge in [-0.25, -0.2) is 0 Å². The van der Waals surface area contributed by atoms with Crippen LogP contribution in [0.15, 0.2) is 24.3 Å². The standard InChI is InChI=1S/C20H32BNO3/c1-15-5-7-16(8-6-15)19(23)17-9-11-18(12-10-17)20(2,22)13-3-4-14-21(24)25/h5-8,17-18,24-25H,3-4,9-14,22H2,1-2H3. The van der Waals surface area contributed by atoms with E-state index in [1.54, 1.807) is 0 Å². The van der Waals surface area contributed by atoms with Crippen molar-refractivity contribution in [2.24, 2.45) is 17.6 Å². The summed E-state index contributed by atoms with van der Waals surface area (Å²) in [6.45, 7) is 4.14. The molecule has 1 aliphatic rings. The van der Waals surface area contributed by atoms with Crippen molar-refractivity contribution in [3.8, 4) is 0 Å². The topological polar surface area (TPSA) is 83.6 Å². The Balaban J connectivity index is 1.81. The minimum absolute atomic E-state index is 0.124. The average Bonchev–Trinajstić information content (AvgIpc) is 2.59. The number of unbranched alkanes of at least 4 members (excludes halogenated alkanes) is 1. The summed E-state index contributed by atoms with van der Waals surface area (Å²) in [6, 6.07) is 7.87. The van der Waals surface area contributed by atoms with Crippen molar-refractivity contribution in [1.82, 2.24) is 0 Å². The highest BCUT2D eigenvalue weighted by molar-refractivity contribution is 6.40. The van der Waals surface area contributed by atoms with Crippen molar-refractivity contribution < 1.29 is 14.8 Å². The van der Waals surface area contributed by atoms with Gasteiger partial charge in [-0.15, -0.1) is 0 Å². The molecule has 1 atom stereocenters. The molecular formula is C20H32BNO3. The van der Waals surface area contributed by atoms with Crippen LogP contribution in [0.5, 0.6) is 0 Å². The summed E-state index contributed by atoms with van der Waals surface area (Å²) in [7, 11) is -1.22. The predicted octanol–water partition coefficient (Wildman–Crippen LogP) is 3.34. The van der Waals surface area contributed by atoms with Gasteiger partial charge in [0.1, 0.15) is 0 Å². The SMILES string of the molecule is Cc1ccc(C(=O)C2CCC(C(C)(N)CCCCB(O)O)CC2)cc1. The van der Waals surface area contributed by atoms with E-state index in [0.29, 0.717) is 12.2 Å². The first-order valence-electron chi connectivity index (χ1n) is 9.55. The molecule has 1 unspecified atom stereocenters. The van der Waals surface area contributed by atoms with Crippen molar-refractivity contribution in [2.45, 2.75) is 70.7 Å². The normalized spacial score (nSPS) is 23.1. The van der Waals surface area contributed by atoms with Gasteiger partial charge in [0.25, 0.3) is 0 Å². The summed E-state index contributed by atoms with van der Waals surface area (Å²) in [5.74, 6) is 0.835. The molecular weight excluding hydrogens is 313 g/mol. The molecule has 4 N–H and O–H groups in total. The van der Waals surface area contributed by atoms with Crippen molar-refractivity contribution in [2.75, 3.05) is 0 Å². The summed E-state index contributed by atoms with van der Waals surface area (Å²) in [5, 5.41) is 17.8. The Labute approximate surface area is 152 Å². The molecule has 25 heavy (non-hydrogen) atoms. The molecule has 2 rings (SSSR count). The smallest absolute Gasteiger partial charge is 0.427 e. The summed E-state index contributed by atoms with van der Waals surface area (Å²) >= 11 is 0. The molecule has 1 aromatic carbocycles. The van der Waals surface area contributed by atoms with Crippen LogP contribution in [-0.2, 0) is 0 Å². The van der Waals surface area contributed by atoms with E-state index in [9.17, 15) is 4.79 Å². The third kappa shape index (κ3) is 5.94. The van der Waals surface area contributed by atoms with E-state index in [-0.39, 0.29) is 17.2 Å². The van der Waals surface area contributed by atoms with E-state index in [1.165, 1.54) is 5.56 Å². The predicted molar refractivity (Wildman–Crippen MR) is 102 cm³/mol. The van der Waals surface area contributed by atoms with Crippen LogP contribution < -0.4 is 5.73 Å². The summed E-state index contributed by atoms with van der Waals surface area (Å²) in [5.41, 5.74) is 8.31. The lowest BCUT2D eigenvalue weighted by molar-refractivity contribution is 0.0840. The Kier molecular flexibility index (Phi) is 7.23. The monoisotopic (exact) mass is 345 g/mol. The number of Topliss-reactive ketones (excluding diaryl/α,β-unsaturated/α-hetero) is 1. The number of nitrogens with two attached hydrogens (primary N) is 1. The highest BCUT2D eigenvalue weighted by Gasteiger charge is 2.35. The number of hydrogen-bond donors (Lipinski definition) is 3. The van der Waals surface area contributed by atoms with Crippen molar-refractivity contribution in [3.63, 3.8) is 0 Å². The van der Waals surface area contributed by atoms with Crippen molar-refractivity contribution >= 4 is 12.9 Å². The van der Waals surface area contributed by atoms with Gasteiger partial charge < -0.3 is 15.8 Å². The fourth-order valence-corrected chi connectivity index (χ4v) is 4.01. The van der Waals surface area contributed by atoms with Gasteiger partial charge in [0, 0.05) is 17.0 Å². The number of carbonyl (C=O) groups excluding carboxylic acids is 1. The molecule has 0 radical (unpaired) electrons. The number of rotatable bonds is 8. The van der Waals surface area contributed by atoms with Crippen LogP contribution in [-0.4, -0.2) is 28.5 Å². The second-order valence-corrected chi connectivity index (χ2v) is 8.01. The third-order valence-corrected chi connectivity index (χ3v) is 5.79. The quantitative estimate of drug-likeness (QED) is 0.383. The van der Waals surface area contributed by atoms with Crippen LogP contribution >= 0.6 is 0 Å². The maximum Gasteiger partial charge on any atom is 0.451 e. The zero-order valence-corrected chi connectivity index (χ0v) is 15.6. The van der Waals surface area contributed by atoms with Gasteiger partial charge >= 0.3 is 7.12 Å². The fraction of sp³-hybridized carbons (Fsp3) is 0.650. The lowest BCUT2D eigenvalue weighted by Crippen LogP contribution is -2.46. The summed E-state index contributed by atoms with van der Waals surface area (Å²) in [6.07, 6.45) is 6.82. The largest absolute Gasteiger partial charge is 0.451 e. The van der Waals surface area contributed by atoms with Gasteiger partial charge in [0.15, 0.2) is 5.78 Å². The zero-order chi connectivity index (χ0) is 18.4. The van der Waals surface area contributed by atoms with Crippen LogP contribution in [0.3, 0.4) is 0 Å². The first kappa shape index (κ1) is 20.2. The number of ketones is 1. The Morgan fingerprint density at radius 2 is 1.76 bits per heavy atom. The molecule has 138 valence electrons. The first-order chi connectivity index (χ1) is 11.8. The summed E-state index contributed by atoms with van der Waals surface area (Å²) < 4.78 is 0. The maximum atomic E-state index is 12.7. The summed E-state index contributed by atoms with van der Waals surface area (Å²) in [4.78, 5) is 12.7. The molecule has 0 aromatic heterocycles. The third-order valence-electron chi connectivity index (χ3n) is 5.79. The number of aryl methyl sites for hydroxylation is 1. The van der Waals surface area contributed by atoms with E-state index >= 15 is 0 Å². The number of carbonyl (C=O) groups is 1. The molecule has 0 heterocycles. The fourth-order valence-electron chi connectivity index (χ4n) is 4.01. The Morgan fingerprint density at radius 3 is 2.32 bits per heavy atom. The molecule has 1 aromatic rings. The average molecular weight is 345 g/mol. The second kappa shape index (κ2) is 8.97. The maximum absolute atomic E-state index is 12.7. The zero-order valence-electron chi connectivity index (χ0n) is 15.6.